The van der Waals surface area contributed by atoms with Gasteiger partial charge in [-0.05, 0) is 12.1 Å². The van der Waals surface area contributed by atoms with Crippen molar-refractivity contribution in [1.82, 2.24) is 15.0 Å². The zero-order valence-corrected chi connectivity index (χ0v) is 6.24. The van der Waals surface area contributed by atoms with E-state index in [0.717, 1.165) is 12.0 Å². The molecule has 0 bridgehead atoms. The Labute approximate surface area is 68.7 Å². The number of aromatic nitrogens is 3. The summed E-state index contributed by atoms with van der Waals surface area (Å²) < 4.78 is 0. The van der Waals surface area contributed by atoms with Crippen LogP contribution in [0.1, 0.15) is 10.5 Å². The monoisotopic (exact) mass is 161 g/mol. The summed E-state index contributed by atoms with van der Waals surface area (Å²) in [6.45, 7) is 0. The van der Waals surface area contributed by atoms with E-state index >= 15 is 0 Å². The van der Waals surface area contributed by atoms with E-state index in [1.54, 1.807) is 6.20 Å². The second kappa shape index (κ2) is 2.65. The van der Waals surface area contributed by atoms with Gasteiger partial charge in [0, 0.05) is 6.20 Å². The average molecular weight is 161 g/mol. The van der Waals surface area contributed by atoms with E-state index in [1.807, 2.05) is 12.1 Å². The van der Waals surface area contributed by atoms with Crippen LogP contribution in [0.15, 0.2) is 24.7 Å². The standard InChI is InChI=1S/C8H7N3O/c12-4-7-8(11-5-10-7)6-2-1-3-9-6/h1-5,9H,(H,10,11). The first-order valence-electron chi connectivity index (χ1n) is 3.54. The molecule has 0 spiro atoms. The summed E-state index contributed by atoms with van der Waals surface area (Å²) >= 11 is 0. The fourth-order valence-corrected chi connectivity index (χ4v) is 1.09. The van der Waals surface area contributed by atoms with Crippen molar-refractivity contribution in [2.24, 2.45) is 0 Å². The molecule has 4 heteroatoms. The van der Waals surface area contributed by atoms with Gasteiger partial charge in [-0.25, -0.2) is 4.98 Å². The third kappa shape index (κ3) is 0.934. The van der Waals surface area contributed by atoms with E-state index in [1.165, 1.54) is 6.33 Å². The lowest BCUT2D eigenvalue weighted by molar-refractivity contribution is 0.112. The van der Waals surface area contributed by atoms with Crippen molar-refractivity contribution in [3.63, 3.8) is 0 Å². The molecule has 0 aliphatic rings. The van der Waals surface area contributed by atoms with Gasteiger partial charge in [-0.2, -0.15) is 0 Å². The molecule has 0 saturated carbocycles. The van der Waals surface area contributed by atoms with Gasteiger partial charge < -0.3 is 9.97 Å². The molecule has 2 aromatic heterocycles. The lowest BCUT2D eigenvalue weighted by Crippen LogP contribution is -1.84. The summed E-state index contributed by atoms with van der Waals surface area (Å²) in [5, 5.41) is 0. The highest BCUT2D eigenvalue weighted by atomic mass is 16.1. The van der Waals surface area contributed by atoms with Crippen molar-refractivity contribution in [3.05, 3.63) is 30.4 Å². The van der Waals surface area contributed by atoms with Gasteiger partial charge in [0.05, 0.1) is 12.0 Å². The molecule has 2 heterocycles. The summed E-state index contributed by atoms with van der Waals surface area (Å²) in [4.78, 5) is 20.2. The lowest BCUT2D eigenvalue weighted by atomic mass is 10.3. The van der Waals surface area contributed by atoms with Crippen molar-refractivity contribution in [2.45, 2.75) is 0 Å². The molecule has 0 atom stereocenters. The highest BCUT2D eigenvalue weighted by Gasteiger charge is 2.06. The summed E-state index contributed by atoms with van der Waals surface area (Å²) in [6.07, 6.45) is 4.04. The minimum atomic E-state index is 0.498. The molecule has 0 saturated heterocycles. The highest BCUT2D eigenvalue weighted by molar-refractivity contribution is 5.82. The number of aldehydes is 1. The van der Waals surface area contributed by atoms with Gasteiger partial charge >= 0.3 is 0 Å². The Bertz CT molecular complexity index is 375. The van der Waals surface area contributed by atoms with Gasteiger partial charge in [-0.1, -0.05) is 0 Å². The molecule has 0 aliphatic carbocycles. The Morgan fingerprint density at radius 1 is 1.42 bits per heavy atom. The van der Waals surface area contributed by atoms with Crippen LogP contribution in [0.5, 0.6) is 0 Å². The maximum atomic E-state index is 10.5. The van der Waals surface area contributed by atoms with Crippen LogP contribution < -0.4 is 0 Å². The van der Waals surface area contributed by atoms with Crippen molar-refractivity contribution >= 4 is 6.29 Å². The quantitative estimate of drug-likeness (QED) is 0.650. The Morgan fingerprint density at radius 3 is 3.00 bits per heavy atom. The van der Waals surface area contributed by atoms with Crippen molar-refractivity contribution in [3.8, 4) is 11.4 Å². The SMILES string of the molecule is O=Cc1[nH]cnc1-c1ccc[nH]1. The van der Waals surface area contributed by atoms with Gasteiger partial charge in [0.25, 0.3) is 0 Å². The predicted molar refractivity (Wildman–Crippen MR) is 43.8 cm³/mol. The molecule has 2 aromatic rings. The molecule has 0 unspecified atom stereocenters. The van der Waals surface area contributed by atoms with Crippen LogP contribution in [-0.2, 0) is 0 Å². The first kappa shape index (κ1) is 6.84. The molecule has 0 aliphatic heterocycles. The fourth-order valence-electron chi connectivity index (χ4n) is 1.09. The molecule has 12 heavy (non-hydrogen) atoms. The van der Waals surface area contributed by atoms with E-state index in [4.69, 9.17) is 0 Å². The number of nitrogens with one attached hydrogen (secondary N) is 2. The summed E-state index contributed by atoms with van der Waals surface area (Å²) in [5.74, 6) is 0. The van der Waals surface area contributed by atoms with Gasteiger partial charge in [0.15, 0.2) is 6.29 Å². The first-order valence-corrected chi connectivity index (χ1v) is 3.54. The normalized spacial score (nSPS) is 10.0. The summed E-state index contributed by atoms with van der Waals surface area (Å²) in [6, 6.07) is 3.72. The van der Waals surface area contributed by atoms with Crippen LogP contribution in [0.3, 0.4) is 0 Å². The molecule has 2 N–H and O–H groups in total. The molecular weight excluding hydrogens is 154 g/mol. The number of carbonyl (C=O) groups excluding carboxylic acids is 1. The topological polar surface area (TPSA) is 61.5 Å². The number of aromatic amines is 2. The summed E-state index contributed by atoms with van der Waals surface area (Å²) in [7, 11) is 0. The van der Waals surface area contributed by atoms with Crippen molar-refractivity contribution < 1.29 is 4.79 Å². The van der Waals surface area contributed by atoms with Gasteiger partial charge in [0.2, 0.25) is 0 Å². The summed E-state index contributed by atoms with van der Waals surface area (Å²) in [5.41, 5.74) is 2.01. The van der Waals surface area contributed by atoms with Crippen LogP contribution in [-0.4, -0.2) is 21.2 Å². The van der Waals surface area contributed by atoms with E-state index in [0.29, 0.717) is 11.4 Å². The van der Waals surface area contributed by atoms with Crippen LogP contribution in [0, 0.1) is 0 Å². The molecule has 0 amide bonds. The first-order chi connectivity index (χ1) is 5.92. The predicted octanol–water partition coefficient (Wildman–Crippen LogP) is 1.22. The Kier molecular flexibility index (Phi) is 1.51. The van der Waals surface area contributed by atoms with Crippen LogP contribution >= 0.6 is 0 Å². The molecule has 0 aromatic carbocycles. The number of rotatable bonds is 2. The molecule has 60 valence electrons. The van der Waals surface area contributed by atoms with Gasteiger partial charge in [0.1, 0.15) is 11.4 Å². The Morgan fingerprint density at radius 2 is 2.33 bits per heavy atom. The minimum Gasteiger partial charge on any atom is -0.360 e. The third-order valence-electron chi connectivity index (χ3n) is 1.64. The Hall–Kier alpha value is -1.84. The van der Waals surface area contributed by atoms with E-state index in [2.05, 4.69) is 15.0 Å². The number of imidazole rings is 1. The number of hydrogen-bond acceptors (Lipinski definition) is 2. The number of carbonyl (C=O) groups is 1. The number of hydrogen-bond donors (Lipinski definition) is 2. The van der Waals surface area contributed by atoms with E-state index in [9.17, 15) is 4.79 Å². The van der Waals surface area contributed by atoms with Crippen LogP contribution in [0.25, 0.3) is 11.4 Å². The average Bonchev–Trinajstić information content (AvgIpc) is 2.74. The molecule has 2 rings (SSSR count). The molecular formula is C8H7N3O. The second-order valence-electron chi connectivity index (χ2n) is 2.37. The minimum absolute atomic E-state index is 0.498. The Balaban J connectivity index is 2.53. The van der Waals surface area contributed by atoms with Crippen molar-refractivity contribution in [2.75, 3.05) is 0 Å². The highest BCUT2D eigenvalue weighted by Crippen LogP contribution is 2.15. The van der Waals surface area contributed by atoms with Gasteiger partial charge in [-0.15, -0.1) is 0 Å². The maximum absolute atomic E-state index is 10.5. The smallest absolute Gasteiger partial charge is 0.168 e. The third-order valence-corrected chi connectivity index (χ3v) is 1.64. The molecule has 4 nitrogen and oxygen atoms in total. The second-order valence-corrected chi connectivity index (χ2v) is 2.37. The maximum Gasteiger partial charge on any atom is 0.168 e. The van der Waals surface area contributed by atoms with Crippen LogP contribution in [0.4, 0.5) is 0 Å². The molecule has 0 radical (unpaired) electrons. The molecule has 0 fully saturated rings. The van der Waals surface area contributed by atoms with Crippen LogP contribution in [0.2, 0.25) is 0 Å². The zero-order chi connectivity index (χ0) is 8.39. The van der Waals surface area contributed by atoms with E-state index < -0.39 is 0 Å². The van der Waals surface area contributed by atoms with Crippen molar-refractivity contribution in [1.29, 1.82) is 0 Å². The van der Waals surface area contributed by atoms with E-state index in [-0.39, 0.29) is 0 Å². The van der Waals surface area contributed by atoms with Gasteiger partial charge in [-0.3, -0.25) is 4.79 Å². The lowest BCUT2D eigenvalue weighted by Gasteiger charge is -1.90. The fraction of sp³-hybridized carbons (Fsp3) is 0. The largest absolute Gasteiger partial charge is 0.360 e. The number of nitrogens with zero attached hydrogens (tertiary/aromatic N) is 1. The number of H-pyrrole nitrogens is 2. The zero-order valence-electron chi connectivity index (χ0n) is 6.24.